The van der Waals surface area contributed by atoms with E-state index in [0.29, 0.717) is 29.8 Å². The lowest BCUT2D eigenvalue weighted by Crippen LogP contribution is -2.43. The van der Waals surface area contributed by atoms with Crippen molar-refractivity contribution in [1.29, 1.82) is 0 Å². The molecule has 1 amide bonds. The summed E-state index contributed by atoms with van der Waals surface area (Å²) in [5.74, 6) is -0.815. The first kappa shape index (κ1) is 19.7. The molecule has 0 bridgehead atoms. The molecular weight excluding hydrogens is 308 g/mol. The summed E-state index contributed by atoms with van der Waals surface area (Å²) in [7, 11) is 0. The Morgan fingerprint density at radius 1 is 1.29 bits per heavy atom. The molecule has 132 valence electrons. The third kappa shape index (κ3) is 3.93. The molecule has 0 fully saturated rings. The number of aryl methyl sites for hydroxylation is 1. The Bertz CT molecular complexity index is 646. The van der Waals surface area contributed by atoms with Gasteiger partial charge in [0.05, 0.1) is 12.6 Å². The summed E-state index contributed by atoms with van der Waals surface area (Å²) in [5, 5.41) is 0. The molecule has 1 N–H and O–H groups in total. The normalized spacial score (nSPS) is 11.7. The number of ether oxygens (including phenoxy) is 1. The van der Waals surface area contributed by atoms with Crippen LogP contribution in [0.15, 0.2) is 12.7 Å². The van der Waals surface area contributed by atoms with Gasteiger partial charge in [-0.25, -0.2) is 4.79 Å². The van der Waals surface area contributed by atoms with Gasteiger partial charge in [0.15, 0.2) is 5.78 Å². The summed E-state index contributed by atoms with van der Waals surface area (Å²) >= 11 is 0. The van der Waals surface area contributed by atoms with Crippen LogP contribution >= 0.6 is 0 Å². The first-order valence-corrected chi connectivity index (χ1v) is 8.10. The standard InChI is InChI=1S/C18H26N2O4/c1-7-10-20(14(21)8-2)13(6)17(22)15-11(4)16(19-12(15)5)18(23)24-9-3/h7,13,19H,1,8-10H2,2-6H3/t13-/m0/s1. The van der Waals surface area contributed by atoms with Gasteiger partial charge >= 0.3 is 5.97 Å². The molecule has 1 aromatic rings. The van der Waals surface area contributed by atoms with Gasteiger partial charge in [-0.3, -0.25) is 9.59 Å². The average molecular weight is 334 g/mol. The van der Waals surface area contributed by atoms with E-state index >= 15 is 0 Å². The molecule has 1 atom stereocenters. The molecule has 1 heterocycles. The van der Waals surface area contributed by atoms with E-state index in [9.17, 15) is 14.4 Å². The van der Waals surface area contributed by atoms with Crippen molar-refractivity contribution in [3.63, 3.8) is 0 Å². The van der Waals surface area contributed by atoms with Crippen molar-refractivity contribution in [2.24, 2.45) is 0 Å². The summed E-state index contributed by atoms with van der Waals surface area (Å²) in [4.78, 5) is 41.4. The largest absolute Gasteiger partial charge is 0.461 e. The fourth-order valence-corrected chi connectivity index (χ4v) is 2.70. The molecule has 0 aliphatic carbocycles. The first-order valence-electron chi connectivity index (χ1n) is 8.10. The van der Waals surface area contributed by atoms with Gasteiger partial charge in [0.2, 0.25) is 5.91 Å². The van der Waals surface area contributed by atoms with Crippen molar-refractivity contribution in [2.75, 3.05) is 13.2 Å². The molecule has 0 saturated heterocycles. The molecule has 0 saturated carbocycles. The van der Waals surface area contributed by atoms with Gasteiger partial charge in [0.1, 0.15) is 5.69 Å². The van der Waals surface area contributed by atoms with Crippen molar-refractivity contribution < 1.29 is 19.1 Å². The Labute approximate surface area is 142 Å². The van der Waals surface area contributed by atoms with Gasteiger partial charge in [0.25, 0.3) is 0 Å². The maximum atomic E-state index is 12.9. The van der Waals surface area contributed by atoms with E-state index < -0.39 is 12.0 Å². The zero-order valence-electron chi connectivity index (χ0n) is 15.1. The smallest absolute Gasteiger partial charge is 0.355 e. The Hall–Kier alpha value is -2.37. The van der Waals surface area contributed by atoms with E-state index in [-0.39, 0.29) is 24.0 Å². The topological polar surface area (TPSA) is 79.5 Å². The van der Waals surface area contributed by atoms with Crippen molar-refractivity contribution in [2.45, 2.75) is 47.1 Å². The van der Waals surface area contributed by atoms with Gasteiger partial charge in [-0.05, 0) is 33.3 Å². The molecule has 0 aliphatic rings. The maximum absolute atomic E-state index is 12.9. The minimum absolute atomic E-state index is 0.118. The van der Waals surface area contributed by atoms with Crippen molar-refractivity contribution in [3.05, 3.63) is 35.2 Å². The molecule has 6 nitrogen and oxygen atoms in total. The molecule has 1 rings (SSSR count). The van der Waals surface area contributed by atoms with Crippen LogP contribution in [0, 0.1) is 13.8 Å². The Morgan fingerprint density at radius 2 is 1.92 bits per heavy atom. The second-order valence-electron chi connectivity index (χ2n) is 5.57. The highest BCUT2D eigenvalue weighted by atomic mass is 16.5. The van der Waals surface area contributed by atoms with E-state index in [1.165, 1.54) is 4.90 Å². The summed E-state index contributed by atoms with van der Waals surface area (Å²) in [6.45, 7) is 12.8. The van der Waals surface area contributed by atoms with E-state index in [4.69, 9.17) is 4.74 Å². The maximum Gasteiger partial charge on any atom is 0.355 e. The van der Waals surface area contributed by atoms with Gasteiger partial charge in [-0.15, -0.1) is 6.58 Å². The molecule has 0 radical (unpaired) electrons. The fourth-order valence-electron chi connectivity index (χ4n) is 2.70. The lowest BCUT2D eigenvalue weighted by atomic mass is 9.99. The number of nitrogens with zero attached hydrogens (tertiary/aromatic N) is 1. The molecule has 0 aromatic carbocycles. The van der Waals surface area contributed by atoms with Gasteiger partial charge in [-0.2, -0.15) is 0 Å². The number of hydrogen-bond acceptors (Lipinski definition) is 4. The van der Waals surface area contributed by atoms with E-state index in [1.807, 2.05) is 0 Å². The molecule has 0 unspecified atom stereocenters. The van der Waals surface area contributed by atoms with Crippen LogP contribution in [0.1, 0.15) is 59.3 Å². The number of amides is 1. The molecule has 24 heavy (non-hydrogen) atoms. The highest BCUT2D eigenvalue weighted by Crippen LogP contribution is 2.22. The predicted octanol–water partition coefficient (Wildman–Crippen LogP) is 2.80. The minimum Gasteiger partial charge on any atom is -0.461 e. The van der Waals surface area contributed by atoms with Crippen LogP contribution in [0.2, 0.25) is 0 Å². The number of hydrogen-bond donors (Lipinski definition) is 1. The molecule has 6 heteroatoms. The summed E-state index contributed by atoms with van der Waals surface area (Å²) in [6.07, 6.45) is 1.91. The Balaban J connectivity index is 3.20. The highest BCUT2D eigenvalue weighted by Gasteiger charge is 2.30. The quantitative estimate of drug-likeness (QED) is 0.450. The van der Waals surface area contributed by atoms with Crippen LogP contribution in [-0.4, -0.2) is 46.7 Å². The number of nitrogens with one attached hydrogen (secondary N) is 1. The summed E-state index contributed by atoms with van der Waals surface area (Å²) < 4.78 is 5.00. The van der Waals surface area contributed by atoms with Crippen LogP contribution in [0.25, 0.3) is 0 Å². The van der Waals surface area contributed by atoms with Crippen LogP contribution in [0.5, 0.6) is 0 Å². The minimum atomic E-state index is -0.640. The molecular formula is C18H26N2O4. The number of carbonyl (C=O) groups is 3. The average Bonchev–Trinajstić information content (AvgIpc) is 2.85. The lowest BCUT2D eigenvalue weighted by Gasteiger charge is -2.27. The second kappa shape index (κ2) is 8.47. The van der Waals surface area contributed by atoms with E-state index in [2.05, 4.69) is 11.6 Å². The zero-order chi connectivity index (χ0) is 18.4. The second-order valence-corrected chi connectivity index (χ2v) is 5.57. The zero-order valence-corrected chi connectivity index (χ0v) is 15.1. The van der Waals surface area contributed by atoms with Crippen LogP contribution in [0.4, 0.5) is 0 Å². The van der Waals surface area contributed by atoms with Gasteiger partial charge in [0, 0.05) is 24.2 Å². The van der Waals surface area contributed by atoms with Crippen molar-refractivity contribution in [1.82, 2.24) is 9.88 Å². The predicted molar refractivity (Wildman–Crippen MR) is 92.2 cm³/mol. The Morgan fingerprint density at radius 3 is 2.42 bits per heavy atom. The summed E-state index contributed by atoms with van der Waals surface area (Å²) in [5.41, 5.74) is 1.85. The highest BCUT2D eigenvalue weighted by molar-refractivity contribution is 6.06. The number of H-pyrrole nitrogens is 1. The van der Waals surface area contributed by atoms with Crippen molar-refractivity contribution >= 4 is 17.7 Å². The number of ketones is 1. The van der Waals surface area contributed by atoms with E-state index in [1.54, 1.807) is 40.7 Å². The fraction of sp³-hybridized carbons (Fsp3) is 0.500. The number of aromatic nitrogens is 1. The number of Topliss-reactive ketones (excluding diaryl/α,β-unsaturated/α-hetero) is 1. The van der Waals surface area contributed by atoms with Gasteiger partial charge in [-0.1, -0.05) is 13.0 Å². The van der Waals surface area contributed by atoms with Gasteiger partial charge < -0.3 is 14.6 Å². The third-order valence-corrected chi connectivity index (χ3v) is 3.96. The third-order valence-electron chi connectivity index (χ3n) is 3.96. The number of rotatable bonds is 8. The number of aromatic amines is 1. The SMILES string of the molecule is C=CCN(C(=O)CC)[C@@H](C)C(=O)c1c(C)[nH]c(C(=O)OCC)c1C. The molecule has 1 aromatic heterocycles. The van der Waals surface area contributed by atoms with Crippen molar-refractivity contribution in [3.8, 4) is 0 Å². The summed E-state index contributed by atoms with van der Waals surface area (Å²) in [6, 6.07) is -0.640. The van der Waals surface area contributed by atoms with Crippen LogP contribution in [-0.2, 0) is 9.53 Å². The lowest BCUT2D eigenvalue weighted by molar-refractivity contribution is -0.131. The van der Waals surface area contributed by atoms with E-state index in [0.717, 1.165) is 0 Å². The first-order chi connectivity index (χ1) is 11.3. The van der Waals surface area contributed by atoms with Crippen LogP contribution < -0.4 is 0 Å². The monoisotopic (exact) mass is 334 g/mol. The Kier molecular flexibility index (Phi) is 6.95. The van der Waals surface area contributed by atoms with Crippen LogP contribution in [0.3, 0.4) is 0 Å². The number of esters is 1. The number of carbonyl (C=O) groups excluding carboxylic acids is 3. The molecule has 0 spiro atoms. The molecule has 0 aliphatic heterocycles.